The van der Waals surface area contributed by atoms with Gasteiger partial charge >= 0.3 is 11.9 Å². The second kappa shape index (κ2) is 13.7. The molecule has 0 radical (unpaired) electrons. The van der Waals surface area contributed by atoms with Crippen LogP contribution in [-0.2, 0) is 22.6 Å². The van der Waals surface area contributed by atoms with Gasteiger partial charge in [0, 0.05) is 65.7 Å². The molecule has 1 saturated heterocycles. The first kappa shape index (κ1) is 28.7. The number of carbonyl (C=O) groups is 2. The molecular weight excluding hydrogens is 536 g/mol. The van der Waals surface area contributed by atoms with Crippen LogP contribution in [0.3, 0.4) is 0 Å². The molecule has 7 nitrogen and oxygen atoms in total. The molecule has 2 aliphatic heterocycles. The maximum Gasteiger partial charge on any atom is 0.328 e. The molecule has 1 unspecified atom stereocenters. The van der Waals surface area contributed by atoms with Crippen molar-refractivity contribution in [2.24, 2.45) is 0 Å². The van der Waals surface area contributed by atoms with E-state index in [1.807, 2.05) is 30.0 Å². The molecule has 2 N–H and O–H groups in total. The molecule has 0 spiro atoms. The third-order valence-corrected chi connectivity index (χ3v) is 8.16. The number of hydrogen-bond acceptors (Lipinski definition) is 6. The van der Waals surface area contributed by atoms with E-state index in [1.54, 1.807) is 7.11 Å². The van der Waals surface area contributed by atoms with Crippen LogP contribution in [0, 0.1) is 0 Å². The van der Waals surface area contributed by atoms with E-state index in [9.17, 15) is 9.59 Å². The minimum Gasteiger partial charge on any atom is -0.497 e. The minimum atomic E-state index is -1.26. The van der Waals surface area contributed by atoms with Gasteiger partial charge in [-0.15, -0.1) is 0 Å². The van der Waals surface area contributed by atoms with Gasteiger partial charge in [0.2, 0.25) is 0 Å². The summed E-state index contributed by atoms with van der Waals surface area (Å²) in [5, 5.41) is 16.5. The summed E-state index contributed by atoms with van der Waals surface area (Å²) in [6.45, 7) is 5.28. The predicted octanol–water partition coefficient (Wildman–Crippen LogP) is 5.63. The van der Waals surface area contributed by atoms with Gasteiger partial charge in [-0.1, -0.05) is 53.7 Å². The minimum absolute atomic E-state index is 0.369. The van der Waals surface area contributed by atoms with Crippen LogP contribution in [-0.4, -0.2) is 65.2 Å². The summed E-state index contributed by atoms with van der Waals surface area (Å²) in [6.07, 6.45) is 2.15. The highest BCUT2D eigenvalue weighted by atomic mass is 35.5. The molecule has 0 aromatic heterocycles. The number of ether oxygens (including phenoxy) is 1. The number of halogens is 1. The Kier molecular flexibility index (Phi) is 10.1. The summed E-state index contributed by atoms with van der Waals surface area (Å²) < 4.78 is 5.28. The molecule has 1 atom stereocenters. The Morgan fingerprint density at radius 3 is 2.26 bits per heavy atom. The zero-order valence-corrected chi connectivity index (χ0v) is 23.2. The highest BCUT2D eigenvalue weighted by Crippen LogP contribution is 2.43. The molecule has 0 bridgehead atoms. The fourth-order valence-electron chi connectivity index (χ4n) is 4.77. The van der Waals surface area contributed by atoms with Crippen LogP contribution in [0.1, 0.15) is 22.7 Å². The molecule has 5 rings (SSSR count). The van der Waals surface area contributed by atoms with Gasteiger partial charge in [0.1, 0.15) is 5.75 Å². The van der Waals surface area contributed by atoms with Gasteiger partial charge in [-0.05, 0) is 59.5 Å². The van der Waals surface area contributed by atoms with Gasteiger partial charge in [0.15, 0.2) is 0 Å². The number of carboxylic acids is 2. The van der Waals surface area contributed by atoms with Crippen molar-refractivity contribution in [1.29, 1.82) is 0 Å². The molecule has 9 heteroatoms. The topological polar surface area (TPSA) is 90.3 Å². The number of hydrogen-bond donors (Lipinski definition) is 2. The van der Waals surface area contributed by atoms with Crippen LogP contribution in [0.4, 0.5) is 0 Å². The number of rotatable bonds is 6. The van der Waals surface area contributed by atoms with Crippen LogP contribution in [0.5, 0.6) is 5.75 Å². The maximum atomic E-state index is 9.55. The number of aliphatic carboxylic acids is 2. The molecule has 3 aromatic rings. The molecule has 2 aliphatic rings. The summed E-state index contributed by atoms with van der Waals surface area (Å²) in [7, 11) is 1.71. The number of fused-ring (bicyclic) bond motifs is 2. The van der Waals surface area contributed by atoms with Crippen LogP contribution < -0.4 is 4.74 Å². The fraction of sp³-hybridized carbons (Fsp3) is 0.267. The molecule has 0 saturated carbocycles. The van der Waals surface area contributed by atoms with Gasteiger partial charge in [-0.3, -0.25) is 9.80 Å². The van der Waals surface area contributed by atoms with Crippen LogP contribution in [0.15, 0.2) is 88.7 Å². The summed E-state index contributed by atoms with van der Waals surface area (Å²) in [4.78, 5) is 27.0. The Balaban J connectivity index is 0.000000386. The SMILES string of the molecule is COc1ccc(CN2CCN(C3Cc4ccccc4Sc4ccc(Cl)cc43)CC2)cc1.O=C(O)/C=C/C(=O)O. The number of benzene rings is 3. The van der Waals surface area contributed by atoms with Gasteiger partial charge in [-0.25, -0.2) is 9.59 Å². The van der Waals surface area contributed by atoms with Crippen LogP contribution in [0.25, 0.3) is 0 Å². The third kappa shape index (κ3) is 8.10. The van der Waals surface area contributed by atoms with E-state index < -0.39 is 11.9 Å². The predicted molar refractivity (Wildman–Crippen MR) is 153 cm³/mol. The van der Waals surface area contributed by atoms with E-state index in [2.05, 4.69) is 58.3 Å². The zero-order chi connectivity index (χ0) is 27.8. The Hall–Kier alpha value is -3.30. The van der Waals surface area contributed by atoms with Gasteiger partial charge in [-0.2, -0.15) is 0 Å². The van der Waals surface area contributed by atoms with Crippen molar-refractivity contribution in [2.45, 2.75) is 28.8 Å². The smallest absolute Gasteiger partial charge is 0.328 e. The first-order valence-electron chi connectivity index (χ1n) is 12.6. The number of piperazine rings is 1. The van der Waals surface area contributed by atoms with Gasteiger partial charge < -0.3 is 14.9 Å². The zero-order valence-electron chi connectivity index (χ0n) is 21.6. The quantitative estimate of drug-likeness (QED) is 0.371. The molecule has 39 heavy (non-hydrogen) atoms. The van der Waals surface area contributed by atoms with Gasteiger partial charge in [0.25, 0.3) is 0 Å². The van der Waals surface area contributed by atoms with Crippen molar-refractivity contribution >= 4 is 35.3 Å². The van der Waals surface area contributed by atoms with Crippen molar-refractivity contribution in [2.75, 3.05) is 33.3 Å². The number of methoxy groups -OCH3 is 1. The van der Waals surface area contributed by atoms with E-state index in [4.69, 9.17) is 26.6 Å². The first-order chi connectivity index (χ1) is 18.8. The average Bonchev–Trinajstić information content (AvgIpc) is 3.10. The summed E-state index contributed by atoms with van der Waals surface area (Å²) in [5.74, 6) is -1.60. The fourth-order valence-corrected chi connectivity index (χ4v) is 6.07. The Morgan fingerprint density at radius 2 is 1.62 bits per heavy atom. The molecule has 2 heterocycles. The lowest BCUT2D eigenvalue weighted by atomic mass is 9.96. The van der Waals surface area contributed by atoms with Crippen molar-refractivity contribution in [3.05, 3.63) is 101 Å². The van der Waals surface area contributed by atoms with Crippen molar-refractivity contribution in [1.82, 2.24) is 9.80 Å². The lowest BCUT2D eigenvalue weighted by Gasteiger charge is -2.39. The monoisotopic (exact) mass is 566 g/mol. The largest absolute Gasteiger partial charge is 0.497 e. The Labute approximate surface area is 237 Å². The summed E-state index contributed by atoms with van der Waals surface area (Å²) in [5.41, 5.74) is 4.15. The highest BCUT2D eigenvalue weighted by molar-refractivity contribution is 7.99. The van der Waals surface area contributed by atoms with Crippen molar-refractivity contribution in [3.63, 3.8) is 0 Å². The van der Waals surface area contributed by atoms with E-state index in [1.165, 1.54) is 26.5 Å². The van der Waals surface area contributed by atoms with Crippen LogP contribution >= 0.6 is 23.4 Å². The molecule has 3 aromatic carbocycles. The van der Waals surface area contributed by atoms with E-state index in [0.717, 1.165) is 49.9 Å². The molecule has 204 valence electrons. The second-order valence-electron chi connectivity index (χ2n) is 9.28. The van der Waals surface area contributed by atoms with E-state index in [-0.39, 0.29) is 0 Å². The summed E-state index contributed by atoms with van der Waals surface area (Å²) in [6, 6.07) is 24.0. The number of nitrogens with zero attached hydrogens (tertiary/aromatic N) is 2. The normalized spacial score (nSPS) is 17.3. The van der Waals surface area contributed by atoms with Crippen LogP contribution in [0.2, 0.25) is 5.02 Å². The highest BCUT2D eigenvalue weighted by Gasteiger charge is 2.30. The standard InChI is InChI=1S/C26H27ClN2OS.C4H4O4/c1-30-22-9-6-19(7-10-22)18-28-12-14-29(15-13-28)24-16-20-4-2-3-5-25(20)31-26-11-8-21(27)17-23(24)26;5-3(6)1-2-4(7)8/h2-11,17,24H,12-16,18H2,1H3;1-2H,(H,5,6)(H,7,8)/b;2-1+. The Bertz CT molecular complexity index is 1310. The average molecular weight is 567 g/mol. The second-order valence-corrected chi connectivity index (χ2v) is 10.8. The molecule has 0 aliphatic carbocycles. The van der Waals surface area contributed by atoms with E-state index in [0.29, 0.717) is 18.2 Å². The molecule has 1 fully saturated rings. The van der Waals surface area contributed by atoms with E-state index >= 15 is 0 Å². The van der Waals surface area contributed by atoms with Crippen molar-refractivity contribution < 1.29 is 24.5 Å². The lowest BCUT2D eigenvalue weighted by Crippen LogP contribution is -2.47. The number of carboxylic acid groups (broad SMARTS) is 2. The third-order valence-electron chi connectivity index (χ3n) is 6.72. The summed E-state index contributed by atoms with van der Waals surface area (Å²) >= 11 is 8.31. The van der Waals surface area contributed by atoms with Gasteiger partial charge in [0.05, 0.1) is 7.11 Å². The maximum absolute atomic E-state index is 9.55. The lowest BCUT2D eigenvalue weighted by molar-refractivity contribution is -0.134. The molecular formula is C30H31ClN2O5S. The Morgan fingerprint density at radius 1 is 0.949 bits per heavy atom. The first-order valence-corrected chi connectivity index (χ1v) is 13.8. The van der Waals surface area contributed by atoms with Crippen molar-refractivity contribution in [3.8, 4) is 5.75 Å². The molecule has 0 amide bonds.